The molecule has 3 amide bonds. The highest BCUT2D eigenvalue weighted by Gasteiger charge is 2.63. The van der Waals surface area contributed by atoms with Crippen LogP contribution in [0.1, 0.15) is 52.6 Å². The Labute approximate surface area is 187 Å². The molecule has 1 aliphatic carbocycles. The van der Waals surface area contributed by atoms with Crippen LogP contribution in [0.4, 0.5) is 4.79 Å². The maximum absolute atomic E-state index is 13.6. The fourth-order valence-corrected chi connectivity index (χ4v) is 5.73. The number of rotatable bonds is 5. The Morgan fingerprint density at radius 3 is 1.94 bits per heavy atom. The van der Waals surface area contributed by atoms with Crippen molar-refractivity contribution in [2.45, 2.75) is 45.3 Å². The van der Waals surface area contributed by atoms with Gasteiger partial charge in [-0.25, -0.2) is 4.79 Å². The SMILES string of the molecule is CC(C)(C)C(C(O)COC(N)=O)(C1Cc2ccccc2C1)N1C(=O)c2ccccc2C1=O. The van der Waals surface area contributed by atoms with Gasteiger partial charge in [0.05, 0.1) is 16.7 Å². The van der Waals surface area contributed by atoms with E-state index < -0.39 is 41.6 Å². The van der Waals surface area contributed by atoms with Crippen LogP contribution < -0.4 is 5.73 Å². The fraction of sp³-hybridized carbons (Fsp3) is 0.400. The highest BCUT2D eigenvalue weighted by atomic mass is 16.6. The lowest BCUT2D eigenvalue weighted by molar-refractivity contribution is -0.115. The second-order valence-electron chi connectivity index (χ2n) is 9.59. The first-order chi connectivity index (χ1) is 15.1. The van der Waals surface area contributed by atoms with Crippen molar-refractivity contribution in [1.82, 2.24) is 4.90 Å². The average molecular weight is 437 g/mol. The minimum atomic E-state index is -1.35. The first-order valence-corrected chi connectivity index (χ1v) is 10.7. The Hall–Kier alpha value is -3.19. The normalized spacial score (nSPS) is 18.8. The minimum absolute atomic E-state index is 0.284. The van der Waals surface area contributed by atoms with Crippen molar-refractivity contribution in [2.75, 3.05) is 6.61 Å². The predicted octanol–water partition coefficient (Wildman–Crippen LogP) is 2.94. The van der Waals surface area contributed by atoms with Gasteiger partial charge >= 0.3 is 6.09 Å². The Kier molecular flexibility index (Phi) is 5.33. The van der Waals surface area contributed by atoms with Crippen LogP contribution in [-0.2, 0) is 17.6 Å². The number of imide groups is 1. The highest BCUT2D eigenvalue weighted by molar-refractivity contribution is 6.22. The lowest BCUT2D eigenvalue weighted by atomic mass is 9.61. The van der Waals surface area contributed by atoms with Gasteiger partial charge in [0.15, 0.2) is 0 Å². The van der Waals surface area contributed by atoms with Gasteiger partial charge in [0.1, 0.15) is 12.7 Å². The third-order valence-corrected chi connectivity index (χ3v) is 6.93. The zero-order valence-electron chi connectivity index (χ0n) is 18.5. The number of carbonyl (C=O) groups excluding carboxylic acids is 3. The molecular weight excluding hydrogens is 408 g/mol. The zero-order chi connectivity index (χ0) is 23.3. The van der Waals surface area contributed by atoms with Gasteiger partial charge in [0.25, 0.3) is 11.8 Å². The number of primary amides is 1. The summed E-state index contributed by atoms with van der Waals surface area (Å²) in [5, 5.41) is 11.6. The molecule has 1 aliphatic heterocycles. The predicted molar refractivity (Wildman–Crippen MR) is 118 cm³/mol. The van der Waals surface area contributed by atoms with Gasteiger partial charge in [-0.1, -0.05) is 57.2 Å². The molecule has 1 heterocycles. The second kappa shape index (κ2) is 7.74. The molecule has 0 saturated heterocycles. The number of aliphatic hydroxyl groups is 1. The summed E-state index contributed by atoms with van der Waals surface area (Å²) in [6, 6.07) is 14.6. The van der Waals surface area contributed by atoms with Gasteiger partial charge in [-0.2, -0.15) is 0 Å². The summed E-state index contributed by atoms with van der Waals surface area (Å²) >= 11 is 0. The van der Waals surface area contributed by atoms with Crippen molar-refractivity contribution in [2.24, 2.45) is 17.1 Å². The summed E-state index contributed by atoms with van der Waals surface area (Å²) in [7, 11) is 0. The Balaban J connectivity index is 1.89. The van der Waals surface area contributed by atoms with E-state index in [0.29, 0.717) is 24.0 Å². The van der Waals surface area contributed by atoms with E-state index in [9.17, 15) is 19.5 Å². The molecule has 168 valence electrons. The van der Waals surface area contributed by atoms with E-state index >= 15 is 0 Å². The molecular formula is C25H28N2O5. The molecule has 0 spiro atoms. The molecule has 0 saturated carbocycles. The van der Waals surface area contributed by atoms with E-state index in [4.69, 9.17) is 10.5 Å². The van der Waals surface area contributed by atoms with Gasteiger partial charge in [0, 0.05) is 0 Å². The van der Waals surface area contributed by atoms with Gasteiger partial charge in [-0.15, -0.1) is 0 Å². The summed E-state index contributed by atoms with van der Waals surface area (Å²) in [5.74, 6) is -1.18. The van der Waals surface area contributed by atoms with E-state index in [2.05, 4.69) is 0 Å². The highest BCUT2D eigenvalue weighted by Crippen LogP contribution is 2.51. The third-order valence-electron chi connectivity index (χ3n) is 6.93. The Morgan fingerprint density at radius 1 is 1.03 bits per heavy atom. The Bertz CT molecular complexity index is 1030. The first kappa shape index (κ1) is 22.0. The number of ether oxygens (including phenoxy) is 1. The molecule has 0 fully saturated rings. The van der Waals surface area contributed by atoms with Crippen molar-refractivity contribution in [3.8, 4) is 0 Å². The van der Waals surface area contributed by atoms with E-state index in [1.165, 1.54) is 4.90 Å². The molecule has 0 aromatic heterocycles. The molecule has 7 heteroatoms. The molecule has 2 unspecified atom stereocenters. The Morgan fingerprint density at radius 2 is 1.50 bits per heavy atom. The lowest BCUT2D eigenvalue weighted by Gasteiger charge is -2.55. The first-order valence-electron chi connectivity index (χ1n) is 10.7. The number of carbonyl (C=O) groups is 3. The van der Waals surface area contributed by atoms with Crippen molar-refractivity contribution >= 4 is 17.9 Å². The summed E-state index contributed by atoms with van der Waals surface area (Å²) < 4.78 is 4.99. The van der Waals surface area contributed by atoms with Crippen LogP contribution in [0.2, 0.25) is 0 Å². The van der Waals surface area contributed by atoms with Crippen LogP contribution in [-0.4, -0.2) is 46.2 Å². The zero-order valence-corrected chi connectivity index (χ0v) is 18.5. The van der Waals surface area contributed by atoms with Crippen LogP contribution in [0.3, 0.4) is 0 Å². The van der Waals surface area contributed by atoms with Crippen LogP contribution in [0.15, 0.2) is 48.5 Å². The molecule has 32 heavy (non-hydrogen) atoms. The van der Waals surface area contributed by atoms with Crippen molar-refractivity contribution in [1.29, 1.82) is 0 Å². The van der Waals surface area contributed by atoms with Crippen molar-refractivity contribution in [3.05, 3.63) is 70.8 Å². The van der Waals surface area contributed by atoms with Crippen LogP contribution in [0.5, 0.6) is 0 Å². The number of nitrogens with zero attached hydrogens (tertiary/aromatic N) is 1. The van der Waals surface area contributed by atoms with Crippen LogP contribution >= 0.6 is 0 Å². The van der Waals surface area contributed by atoms with Crippen molar-refractivity contribution < 1.29 is 24.2 Å². The second-order valence-corrected chi connectivity index (χ2v) is 9.59. The molecule has 2 atom stereocenters. The number of fused-ring (bicyclic) bond motifs is 2. The van der Waals surface area contributed by atoms with E-state index in [-0.39, 0.29) is 5.92 Å². The standard InChI is InChI=1S/C25H28N2O5/c1-24(2,3)25(20(28)14-32-23(26)31,17-12-15-8-4-5-9-16(15)13-17)27-21(29)18-10-6-7-11-19(18)22(27)30/h4-11,17,20,28H,12-14H2,1-3H3,(H2,26,31). The molecule has 0 bridgehead atoms. The molecule has 2 aliphatic rings. The number of hydrogen-bond acceptors (Lipinski definition) is 5. The number of amides is 3. The monoisotopic (exact) mass is 436 g/mol. The third kappa shape index (κ3) is 3.19. The fourth-order valence-electron chi connectivity index (χ4n) is 5.73. The molecule has 3 N–H and O–H groups in total. The minimum Gasteiger partial charge on any atom is -0.447 e. The number of hydrogen-bond donors (Lipinski definition) is 2. The number of benzene rings is 2. The number of nitrogens with two attached hydrogens (primary N) is 1. The summed E-state index contributed by atoms with van der Waals surface area (Å²) in [4.78, 5) is 39.8. The average Bonchev–Trinajstić information content (AvgIpc) is 3.27. The molecule has 7 nitrogen and oxygen atoms in total. The quantitative estimate of drug-likeness (QED) is 0.701. The lowest BCUT2D eigenvalue weighted by Crippen LogP contribution is -2.71. The number of aliphatic hydroxyl groups excluding tert-OH is 1. The molecule has 0 radical (unpaired) electrons. The van der Waals surface area contributed by atoms with E-state index in [0.717, 1.165) is 11.1 Å². The summed E-state index contributed by atoms with van der Waals surface area (Å²) in [6.07, 6.45) is -1.20. The molecule has 4 rings (SSSR count). The van der Waals surface area contributed by atoms with Gasteiger partial charge < -0.3 is 15.6 Å². The van der Waals surface area contributed by atoms with Crippen LogP contribution in [0.25, 0.3) is 0 Å². The summed E-state index contributed by atoms with van der Waals surface area (Å²) in [6.45, 7) is 5.26. The van der Waals surface area contributed by atoms with Crippen LogP contribution in [0, 0.1) is 11.3 Å². The van der Waals surface area contributed by atoms with E-state index in [1.807, 2.05) is 45.0 Å². The smallest absolute Gasteiger partial charge is 0.404 e. The largest absolute Gasteiger partial charge is 0.447 e. The van der Waals surface area contributed by atoms with E-state index in [1.54, 1.807) is 24.3 Å². The van der Waals surface area contributed by atoms with Gasteiger partial charge in [0.2, 0.25) is 0 Å². The molecule has 2 aromatic carbocycles. The van der Waals surface area contributed by atoms with Crippen molar-refractivity contribution in [3.63, 3.8) is 0 Å². The maximum atomic E-state index is 13.6. The van der Waals surface area contributed by atoms with Gasteiger partial charge in [-0.3, -0.25) is 14.5 Å². The van der Waals surface area contributed by atoms with Gasteiger partial charge in [-0.05, 0) is 47.4 Å². The maximum Gasteiger partial charge on any atom is 0.404 e. The molecule has 2 aromatic rings. The topological polar surface area (TPSA) is 110 Å². The summed E-state index contributed by atoms with van der Waals surface area (Å²) in [5.41, 5.74) is 5.92.